The average molecular weight is 895 g/mol. The third kappa shape index (κ3) is 50.1. The van der Waals surface area contributed by atoms with Gasteiger partial charge in [0.1, 0.15) is 13.2 Å². The van der Waals surface area contributed by atoms with Crippen molar-refractivity contribution in [3.05, 3.63) is 60.8 Å². The molecular weight excluding hydrogens is 793 g/mol. The zero-order chi connectivity index (χ0) is 46.5. The Bertz CT molecular complexity index is 1170. The summed E-state index contributed by atoms with van der Waals surface area (Å²) >= 11 is 0. The van der Waals surface area contributed by atoms with Crippen LogP contribution in [0.25, 0.3) is 0 Å². The first-order valence-electron chi connectivity index (χ1n) is 27.3. The number of rotatable bonds is 49. The van der Waals surface area contributed by atoms with E-state index in [2.05, 4.69) is 81.5 Å². The van der Waals surface area contributed by atoms with Crippen LogP contribution in [0, 0.1) is 0 Å². The second kappa shape index (κ2) is 52.7. The van der Waals surface area contributed by atoms with E-state index in [1.165, 1.54) is 148 Å². The summed E-state index contributed by atoms with van der Waals surface area (Å²) in [5.74, 6) is -0.944. The molecule has 64 heavy (non-hydrogen) atoms. The highest BCUT2D eigenvalue weighted by Gasteiger charge is 2.19. The molecule has 0 saturated carbocycles. The Morgan fingerprint density at radius 3 is 0.953 bits per heavy atom. The maximum atomic E-state index is 12.8. The Balaban J connectivity index is 4.45. The van der Waals surface area contributed by atoms with Gasteiger partial charge in [-0.2, -0.15) is 0 Å². The molecule has 0 aromatic rings. The van der Waals surface area contributed by atoms with Crippen molar-refractivity contribution >= 4 is 17.9 Å². The van der Waals surface area contributed by atoms with Crippen LogP contribution in [-0.4, -0.2) is 37.2 Å². The van der Waals surface area contributed by atoms with Gasteiger partial charge in [0.25, 0.3) is 0 Å². The minimum atomic E-state index is -0.800. The fraction of sp³-hybridized carbons (Fsp3) is 0.776. The SMILES string of the molecule is CCCCC/C=C\C/C=C\C/C=C\CCCCC(=O)O[C@H](COC(=O)CCCCCCC/C=C\CCCCCCCC)COC(=O)CCCCCCC/C=C\CCCCCCCCC. The van der Waals surface area contributed by atoms with Gasteiger partial charge in [-0.05, 0) is 109 Å². The number of unbranched alkanes of at least 4 members (excludes halogenated alkanes) is 28. The van der Waals surface area contributed by atoms with Crippen LogP contribution in [0.1, 0.15) is 271 Å². The maximum Gasteiger partial charge on any atom is 0.306 e. The van der Waals surface area contributed by atoms with Crippen molar-refractivity contribution in [2.24, 2.45) is 0 Å². The molecule has 0 radical (unpaired) electrons. The predicted octanol–water partition coefficient (Wildman–Crippen LogP) is 18.0. The molecule has 0 spiro atoms. The lowest BCUT2D eigenvalue weighted by Crippen LogP contribution is -2.30. The third-order valence-corrected chi connectivity index (χ3v) is 11.7. The molecule has 0 amide bonds. The van der Waals surface area contributed by atoms with Gasteiger partial charge >= 0.3 is 17.9 Å². The molecule has 6 nitrogen and oxygen atoms in total. The zero-order valence-corrected chi connectivity index (χ0v) is 42.3. The lowest BCUT2D eigenvalue weighted by molar-refractivity contribution is -0.167. The number of carbonyl (C=O) groups excluding carboxylic acids is 3. The van der Waals surface area contributed by atoms with Crippen molar-refractivity contribution in [2.45, 2.75) is 277 Å². The van der Waals surface area contributed by atoms with Gasteiger partial charge in [0.2, 0.25) is 0 Å². The highest BCUT2D eigenvalue weighted by molar-refractivity contribution is 5.71. The maximum absolute atomic E-state index is 12.8. The molecule has 0 aliphatic heterocycles. The van der Waals surface area contributed by atoms with Crippen LogP contribution >= 0.6 is 0 Å². The number of hydrogen-bond acceptors (Lipinski definition) is 6. The Kier molecular flexibility index (Phi) is 50.4. The van der Waals surface area contributed by atoms with E-state index in [1.807, 2.05) is 0 Å². The molecule has 0 aromatic carbocycles. The number of hydrogen-bond donors (Lipinski definition) is 0. The molecule has 0 fully saturated rings. The lowest BCUT2D eigenvalue weighted by atomic mass is 10.1. The molecule has 0 rings (SSSR count). The Morgan fingerprint density at radius 2 is 0.562 bits per heavy atom. The van der Waals surface area contributed by atoms with Crippen LogP contribution in [-0.2, 0) is 28.6 Å². The Morgan fingerprint density at radius 1 is 0.312 bits per heavy atom. The first-order chi connectivity index (χ1) is 31.5. The smallest absolute Gasteiger partial charge is 0.306 e. The van der Waals surface area contributed by atoms with Crippen LogP contribution in [0.5, 0.6) is 0 Å². The minimum absolute atomic E-state index is 0.0959. The molecule has 0 N–H and O–H groups in total. The summed E-state index contributed by atoms with van der Waals surface area (Å²) in [6.45, 7) is 6.57. The van der Waals surface area contributed by atoms with E-state index in [-0.39, 0.29) is 37.5 Å². The van der Waals surface area contributed by atoms with Gasteiger partial charge in [-0.1, -0.05) is 204 Å². The van der Waals surface area contributed by atoms with Crippen molar-refractivity contribution in [3.8, 4) is 0 Å². The zero-order valence-electron chi connectivity index (χ0n) is 42.3. The van der Waals surface area contributed by atoms with Crippen molar-refractivity contribution < 1.29 is 28.6 Å². The van der Waals surface area contributed by atoms with E-state index in [1.54, 1.807) is 0 Å². The van der Waals surface area contributed by atoms with E-state index in [0.717, 1.165) is 77.0 Å². The molecule has 370 valence electrons. The van der Waals surface area contributed by atoms with Crippen molar-refractivity contribution in [3.63, 3.8) is 0 Å². The standard InChI is InChI=1S/C58H102O6/c1-4-7-10-13-16-19-22-25-28-31-33-36-39-42-45-48-51-57(60)63-54-55(64-58(61)52-49-46-43-40-37-34-30-27-24-21-18-15-12-9-6-3)53-62-56(59)50-47-44-41-38-35-32-29-26-23-20-17-14-11-8-5-2/h18,21,26-31,37,40,55H,4-17,19-20,22-25,32-36,38-39,41-54H2,1-3H3/b21-18-,29-26-,30-27-,31-28-,40-37-/t55-/m1/s1. The van der Waals surface area contributed by atoms with Gasteiger partial charge in [0.15, 0.2) is 6.10 Å². The van der Waals surface area contributed by atoms with E-state index < -0.39 is 6.10 Å². The number of esters is 3. The van der Waals surface area contributed by atoms with Gasteiger partial charge in [0.05, 0.1) is 0 Å². The first-order valence-corrected chi connectivity index (χ1v) is 27.3. The van der Waals surface area contributed by atoms with E-state index >= 15 is 0 Å². The van der Waals surface area contributed by atoms with Gasteiger partial charge in [-0.25, -0.2) is 0 Å². The van der Waals surface area contributed by atoms with Crippen molar-refractivity contribution in [1.29, 1.82) is 0 Å². The number of allylic oxidation sites excluding steroid dienone is 10. The van der Waals surface area contributed by atoms with E-state index in [9.17, 15) is 14.4 Å². The van der Waals surface area contributed by atoms with Crippen LogP contribution in [0.3, 0.4) is 0 Å². The van der Waals surface area contributed by atoms with Crippen LogP contribution in [0.2, 0.25) is 0 Å². The molecule has 0 unspecified atom stereocenters. The Labute approximate surface area is 396 Å². The molecule has 0 aliphatic carbocycles. The van der Waals surface area contributed by atoms with Crippen molar-refractivity contribution in [1.82, 2.24) is 0 Å². The quantitative estimate of drug-likeness (QED) is 0.0262. The van der Waals surface area contributed by atoms with Gasteiger partial charge in [0, 0.05) is 19.3 Å². The highest BCUT2D eigenvalue weighted by Crippen LogP contribution is 2.14. The van der Waals surface area contributed by atoms with Crippen LogP contribution < -0.4 is 0 Å². The largest absolute Gasteiger partial charge is 0.462 e. The van der Waals surface area contributed by atoms with Gasteiger partial charge < -0.3 is 14.2 Å². The predicted molar refractivity (Wildman–Crippen MR) is 275 cm³/mol. The minimum Gasteiger partial charge on any atom is -0.462 e. The Hall–Kier alpha value is -2.89. The fourth-order valence-electron chi connectivity index (χ4n) is 7.56. The van der Waals surface area contributed by atoms with Gasteiger partial charge in [-0.3, -0.25) is 14.4 Å². The lowest BCUT2D eigenvalue weighted by Gasteiger charge is -2.18. The summed E-state index contributed by atoms with van der Waals surface area (Å²) in [6, 6.07) is 0. The summed E-state index contributed by atoms with van der Waals surface area (Å²) in [5, 5.41) is 0. The molecule has 0 aliphatic rings. The highest BCUT2D eigenvalue weighted by atomic mass is 16.6. The second-order valence-electron chi connectivity index (χ2n) is 18.1. The van der Waals surface area contributed by atoms with E-state index in [4.69, 9.17) is 14.2 Å². The summed E-state index contributed by atoms with van der Waals surface area (Å²) in [5.41, 5.74) is 0. The van der Waals surface area contributed by atoms with Gasteiger partial charge in [-0.15, -0.1) is 0 Å². The summed E-state index contributed by atoms with van der Waals surface area (Å²) in [4.78, 5) is 38.0. The van der Waals surface area contributed by atoms with Crippen molar-refractivity contribution in [2.75, 3.05) is 13.2 Å². The monoisotopic (exact) mass is 895 g/mol. The molecule has 6 heteroatoms. The first kappa shape index (κ1) is 61.1. The third-order valence-electron chi connectivity index (χ3n) is 11.7. The molecule has 1 atom stereocenters. The van der Waals surface area contributed by atoms with Crippen LogP contribution in [0.4, 0.5) is 0 Å². The number of ether oxygens (including phenoxy) is 3. The normalized spacial score (nSPS) is 12.5. The topological polar surface area (TPSA) is 78.9 Å². The summed E-state index contributed by atoms with van der Waals surface area (Å²) in [6.07, 6.45) is 64.9. The summed E-state index contributed by atoms with van der Waals surface area (Å²) in [7, 11) is 0. The van der Waals surface area contributed by atoms with Crippen LogP contribution in [0.15, 0.2) is 60.8 Å². The molecular formula is C58H102O6. The number of carbonyl (C=O) groups is 3. The second-order valence-corrected chi connectivity index (χ2v) is 18.1. The molecule has 0 aromatic heterocycles. The molecule has 0 bridgehead atoms. The molecule has 0 heterocycles. The van der Waals surface area contributed by atoms with E-state index in [0.29, 0.717) is 19.3 Å². The molecule has 0 saturated heterocycles. The summed E-state index contributed by atoms with van der Waals surface area (Å²) < 4.78 is 16.8. The average Bonchev–Trinajstić information content (AvgIpc) is 3.29. The fourth-order valence-corrected chi connectivity index (χ4v) is 7.56.